The van der Waals surface area contributed by atoms with Gasteiger partial charge in [-0.1, -0.05) is 42.3 Å². The molecule has 0 aromatic heterocycles. The number of nitrogens with zero attached hydrogens (tertiary/aromatic N) is 1. The second-order valence-corrected chi connectivity index (χ2v) is 9.57. The third kappa shape index (κ3) is 3.58. The number of halogens is 1. The Morgan fingerprint density at radius 2 is 1.96 bits per heavy atom. The van der Waals surface area contributed by atoms with Gasteiger partial charge in [-0.05, 0) is 48.1 Å². The van der Waals surface area contributed by atoms with Crippen LogP contribution in [0.1, 0.15) is 42.7 Å². The van der Waals surface area contributed by atoms with E-state index in [1.54, 1.807) is 6.26 Å². The fourth-order valence-corrected chi connectivity index (χ4v) is 5.93. The lowest BCUT2D eigenvalue weighted by atomic mass is 9.74. The topological polar surface area (TPSA) is 57.6 Å². The van der Waals surface area contributed by atoms with Crippen LogP contribution in [0.3, 0.4) is 0 Å². The van der Waals surface area contributed by atoms with Gasteiger partial charge in [-0.3, -0.25) is 9.00 Å². The molecule has 1 saturated carbocycles. The molecule has 0 radical (unpaired) electrons. The third-order valence-electron chi connectivity index (χ3n) is 6.07. The quantitative estimate of drug-likeness (QED) is 0.757. The van der Waals surface area contributed by atoms with Gasteiger partial charge in [-0.15, -0.1) is 0 Å². The van der Waals surface area contributed by atoms with Gasteiger partial charge in [-0.25, -0.2) is 0 Å². The van der Waals surface area contributed by atoms with E-state index in [-0.39, 0.29) is 18.4 Å². The van der Waals surface area contributed by atoms with Gasteiger partial charge < -0.3 is 10.0 Å². The van der Waals surface area contributed by atoms with E-state index in [2.05, 4.69) is 11.0 Å². The van der Waals surface area contributed by atoms with Crippen molar-refractivity contribution in [3.8, 4) is 0 Å². The van der Waals surface area contributed by atoms with E-state index < -0.39 is 16.8 Å². The third-order valence-corrected chi connectivity index (χ3v) is 7.28. The number of anilines is 1. The molecule has 0 spiro atoms. The van der Waals surface area contributed by atoms with Crippen LogP contribution < -0.4 is 4.90 Å². The molecule has 2 unspecified atom stereocenters. The van der Waals surface area contributed by atoms with Crippen molar-refractivity contribution in [1.29, 1.82) is 0 Å². The SMILES string of the molecule is C[S@@](=O)c1cccc2c1N(Cc1ccc(Cl)cc1)C1C2CCC[C@@H]1CC(=O)O. The van der Waals surface area contributed by atoms with Gasteiger partial charge in [0.1, 0.15) is 0 Å². The molecule has 148 valence electrons. The molecule has 1 heterocycles. The lowest BCUT2D eigenvalue weighted by molar-refractivity contribution is -0.138. The van der Waals surface area contributed by atoms with Gasteiger partial charge in [0.25, 0.3) is 0 Å². The molecule has 28 heavy (non-hydrogen) atoms. The average molecular weight is 418 g/mol. The minimum atomic E-state index is -1.11. The molecule has 1 aliphatic heterocycles. The molecule has 0 amide bonds. The van der Waals surface area contributed by atoms with Gasteiger partial charge in [0.15, 0.2) is 0 Å². The lowest BCUT2D eigenvalue weighted by Gasteiger charge is -2.39. The summed E-state index contributed by atoms with van der Waals surface area (Å²) in [4.78, 5) is 14.7. The van der Waals surface area contributed by atoms with Crippen LogP contribution in [-0.4, -0.2) is 27.6 Å². The number of hydrogen-bond donors (Lipinski definition) is 1. The van der Waals surface area contributed by atoms with Gasteiger partial charge in [0.2, 0.25) is 0 Å². The van der Waals surface area contributed by atoms with Crippen molar-refractivity contribution < 1.29 is 14.1 Å². The van der Waals surface area contributed by atoms with E-state index in [4.69, 9.17) is 11.6 Å². The van der Waals surface area contributed by atoms with Crippen LogP contribution in [0.5, 0.6) is 0 Å². The molecule has 6 heteroatoms. The van der Waals surface area contributed by atoms with E-state index in [0.29, 0.717) is 17.5 Å². The highest BCUT2D eigenvalue weighted by Gasteiger charge is 2.46. The number of rotatable bonds is 5. The first-order chi connectivity index (χ1) is 13.5. The zero-order chi connectivity index (χ0) is 19.8. The second kappa shape index (κ2) is 7.88. The number of aliphatic carboxylic acids is 1. The van der Waals surface area contributed by atoms with Crippen molar-refractivity contribution in [3.05, 3.63) is 58.6 Å². The summed E-state index contributed by atoms with van der Waals surface area (Å²) in [5, 5.41) is 10.2. The van der Waals surface area contributed by atoms with Gasteiger partial charge >= 0.3 is 5.97 Å². The highest BCUT2D eigenvalue weighted by molar-refractivity contribution is 7.84. The maximum atomic E-state index is 12.5. The van der Waals surface area contributed by atoms with Crippen LogP contribution in [0.4, 0.5) is 5.69 Å². The van der Waals surface area contributed by atoms with E-state index in [1.165, 1.54) is 5.56 Å². The van der Waals surface area contributed by atoms with Crippen LogP contribution in [0.15, 0.2) is 47.4 Å². The van der Waals surface area contributed by atoms with Crippen molar-refractivity contribution >= 4 is 34.1 Å². The molecule has 1 N–H and O–H groups in total. The van der Waals surface area contributed by atoms with Crippen LogP contribution >= 0.6 is 11.6 Å². The Bertz CT molecular complexity index is 914. The first-order valence-electron chi connectivity index (χ1n) is 9.65. The highest BCUT2D eigenvalue weighted by atomic mass is 35.5. The summed E-state index contributed by atoms with van der Waals surface area (Å²) in [7, 11) is -1.11. The monoisotopic (exact) mass is 417 g/mol. The number of carboxylic acids is 1. The van der Waals surface area contributed by atoms with Gasteiger partial charge in [-0.2, -0.15) is 0 Å². The molecule has 1 fully saturated rings. The van der Waals surface area contributed by atoms with Crippen molar-refractivity contribution in [2.45, 2.75) is 49.1 Å². The molecule has 0 bridgehead atoms. The maximum absolute atomic E-state index is 12.5. The predicted molar refractivity (Wildman–Crippen MR) is 113 cm³/mol. The van der Waals surface area contributed by atoms with Crippen molar-refractivity contribution in [1.82, 2.24) is 0 Å². The van der Waals surface area contributed by atoms with Crippen LogP contribution in [-0.2, 0) is 22.1 Å². The fraction of sp³-hybridized carbons (Fsp3) is 0.409. The first-order valence-corrected chi connectivity index (χ1v) is 11.6. The van der Waals surface area contributed by atoms with E-state index in [9.17, 15) is 14.1 Å². The van der Waals surface area contributed by atoms with Crippen molar-refractivity contribution in [2.75, 3.05) is 11.2 Å². The lowest BCUT2D eigenvalue weighted by Crippen LogP contribution is -2.43. The van der Waals surface area contributed by atoms with E-state index in [0.717, 1.165) is 35.4 Å². The Balaban J connectivity index is 1.80. The van der Waals surface area contributed by atoms with Crippen molar-refractivity contribution in [2.24, 2.45) is 5.92 Å². The Hall–Kier alpha value is -1.85. The zero-order valence-electron chi connectivity index (χ0n) is 15.8. The molecular weight excluding hydrogens is 394 g/mol. The normalized spacial score (nSPS) is 24.5. The molecule has 4 rings (SSSR count). The molecule has 0 saturated heterocycles. The summed E-state index contributed by atoms with van der Waals surface area (Å²) in [5.41, 5.74) is 3.39. The average Bonchev–Trinajstić information content (AvgIpc) is 2.98. The summed E-state index contributed by atoms with van der Waals surface area (Å²) in [5.74, 6) is -0.356. The number of benzene rings is 2. The smallest absolute Gasteiger partial charge is 0.303 e. The Morgan fingerprint density at radius 3 is 2.64 bits per heavy atom. The molecule has 1 aliphatic carbocycles. The molecule has 4 atom stereocenters. The molecule has 2 aromatic rings. The first kappa shape index (κ1) is 19.5. The number of carbonyl (C=O) groups is 1. The second-order valence-electron chi connectivity index (χ2n) is 7.79. The molecule has 4 nitrogen and oxygen atoms in total. The molecule has 2 aliphatic rings. The van der Waals surface area contributed by atoms with Crippen LogP contribution in [0, 0.1) is 5.92 Å². The number of para-hydroxylation sites is 1. The van der Waals surface area contributed by atoms with Gasteiger partial charge in [0.05, 0.1) is 27.8 Å². The number of fused-ring (bicyclic) bond motifs is 3. The summed E-state index contributed by atoms with van der Waals surface area (Å²) in [6.45, 7) is 0.662. The van der Waals surface area contributed by atoms with Crippen molar-refractivity contribution in [3.63, 3.8) is 0 Å². The van der Waals surface area contributed by atoms with Gasteiger partial charge in [0, 0.05) is 29.8 Å². The number of carboxylic acid groups (broad SMARTS) is 1. The largest absolute Gasteiger partial charge is 0.481 e. The maximum Gasteiger partial charge on any atom is 0.303 e. The minimum absolute atomic E-state index is 0.0918. The molecule has 2 aromatic carbocycles. The molecular formula is C22H24ClNO3S. The van der Waals surface area contributed by atoms with E-state index >= 15 is 0 Å². The summed E-state index contributed by atoms with van der Waals surface area (Å²) < 4.78 is 12.5. The van der Waals surface area contributed by atoms with Crippen LogP contribution in [0.25, 0.3) is 0 Å². The summed E-state index contributed by atoms with van der Waals surface area (Å²) in [6.07, 6.45) is 4.89. The zero-order valence-corrected chi connectivity index (χ0v) is 17.4. The van der Waals surface area contributed by atoms with Crippen LogP contribution in [0.2, 0.25) is 5.02 Å². The Kier molecular flexibility index (Phi) is 5.48. The standard InChI is InChI=1S/C22H24ClNO3S/c1-28(27)19-7-3-6-18-17-5-2-4-15(12-20(25)26)21(17)24(22(18)19)13-14-8-10-16(23)11-9-14/h3,6-11,15,17,21H,2,4-5,12-13H2,1H3,(H,25,26)/t15-,17?,21?,28-/m1/s1. The number of hydrogen-bond acceptors (Lipinski definition) is 3. The fourth-order valence-electron chi connectivity index (χ4n) is 5.03. The van der Waals surface area contributed by atoms with E-state index in [1.807, 2.05) is 36.4 Å². The summed E-state index contributed by atoms with van der Waals surface area (Å²) in [6, 6.07) is 14.0. The summed E-state index contributed by atoms with van der Waals surface area (Å²) >= 11 is 6.05. The predicted octanol–water partition coefficient (Wildman–Crippen LogP) is 4.82. The highest BCUT2D eigenvalue weighted by Crippen LogP contribution is 2.52. The Labute approximate surface area is 173 Å². The Morgan fingerprint density at radius 1 is 1.21 bits per heavy atom. The minimum Gasteiger partial charge on any atom is -0.481 e.